The molecule has 0 fully saturated rings. The first-order valence-electron chi connectivity index (χ1n) is 8.18. The standard InChI is InChI=1S/C16H12N2O2.C2H6S.C2H6/c17-13-8-6-11(7-9-13)10-14-16(19)20-15(18-14)12-4-2-1-3-5-12;1-2-3;1-2/h1-10H,17H2;3H,2H2,1H3;1-2H3/b14-10+;;. The zero-order valence-electron chi connectivity index (χ0n) is 14.8. The number of ether oxygens (including phenoxy) is 1. The molecule has 2 aromatic carbocycles. The summed E-state index contributed by atoms with van der Waals surface area (Å²) in [6, 6.07) is 16.5. The molecule has 5 heteroatoms. The maximum absolute atomic E-state index is 11.8. The normalized spacial score (nSPS) is 13.8. The van der Waals surface area contributed by atoms with Crippen LogP contribution in [0.15, 0.2) is 65.3 Å². The van der Waals surface area contributed by atoms with Gasteiger partial charge in [0.15, 0.2) is 5.70 Å². The van der Waals surface area contributed by atoms with Crippen LogP contribution in [0.25, 0.3) is 6.08 Å². The molecule has 0 atom stereocenters. The van der Waals surface area contributed by atoms with E-state index in [1.807, 2.05) is 63.2 Å². The van der Waals surface area contributed by atoms with Gasteiger partial charge < -0.3 is 10.5 Å². The van der Waals surface area contributed by atoms with E-state index in [0.717, 1.165) is 16.9 Å². The van der Waals surface area contributed by atoms with Crippen LogP contribution in [0.1, 0.15) is 31.9 Å². The lowest BCUT2D eigenvalue weighted by molar-refractivity contribution is -0.129. The van der Waals surface area contributed by atoms with Gasteiger partial charge in [-0.1, -0.05) is 51.1 Å². The molecule has 132 valence electrons. The van der Waals surface area contributed by atoms with Gasteiger partial charge in [-0.3, -0.25) is 0 Å². The van der Waals surface area contributed by atoms with Gasteiger partial charge in [-0.2, -0.15) is 12.6 Å². The number of carbonyl (C=O) groups is 1. The SMILES string of the molecule is CC.CCS.Nc1ccc(/C=C2/N=C(c3ccccc3)OC2=O)cc1. The highest BCUT2D eigenvalue weighted by atomic mass is 32.1. The molecule has 0 aromatic heterocycles. The predicted molar refractivity (Wildman–Crippen MR) is 109 cm³/mol. The molecule has 1 aliphatic rings. The van der Waals surface area contributed by atoms with Crippen molar-refractivity contribution in [2.75, 3.05) is 11.5 Å². The largest absolute Gasteiger partial charge is 0.402 e. The summed E-state index contributed by atoms with van der Waals surface area (Å²) in [5, 5.41) is 0. The van der Waals surface area contributed by atoms with Crippen molar-refractivity contribution < 1.29 is 9.53 Å². The number of esters is 1. The lowest BCUT2D eigenvalue weighted by atomic mass is 10.2. The maximum Gasteiger partial charge on any atom is 0.363 e. The van der Waals surface area contributed by atoms with Crippen LogP contribution >= 0.6 is 12.6 Å². The van der Waals surface area contributed by atoms with E-state index >= 15 is 0 Å². The quantitative estimate of drug-likeness (QED) is 0.358. The fourth-order valence-corrected chi connectivity index (χ4v) is 1.86. The first kappa shape index (κ1) is 20.5. The highest BCUT2D eigenvalue weighted by molar-refractivity contribution is 7.80. The lowest BCUT2D eigenvalue weighted by Gasteiger charge is -1.97. The topological polar surface area (TPSA) is 64.7 Å². The summed E-state index contributed by atoms with van der Waals surface area (Å²) in [4.78, 5) is 16.0. The average Bonchev–Trinajstić information content (AvgIpc) is 3.01. The molecule has 25 heavy (non-hydrogen) atoms. The molecular weight excluding hydrogens is 332 g/mol. The predicted octanol–water partition coefficient (Wildman–Crippen LogP) is 4.58. The van der Waals surface area contributed by atoms with Crippen molar-refractivity contribution in [3.63, 3.8) is 0 Å². The molecule has 0 bridgehead atoms. The highest BCUT2D eigenvalue weighted by Gasteiger charge is 2.23. The number of nitrogen functional groups attached to an aromatic ring is 1. The van der Waals surface area contributed by atoms with Gasteiger partial charge in [0, 0.05) is 11.3 Å². The highest BCUT2D eigenvalue weighted by Crippen LogP contribution is 2.19. The van der Waals surface area contributed by atoms with E-state index in [2.05, 4.69) is 17.6 Å². The van der Waals surface area contributed by atoms with Crippen molar-refractivity contribution in [3.05, 3.63) is 71.4 Å². The molecule has 1 aliphatic heterocycles. The summed E-state index contributed by atoms with van der Waals surface area (Å²) in [5.74, 6) is 0.831. The number of carbonyl (C=O) groups excluding carboxylic acids is 1. The van der Waals surface area contributed by atoms with Crippen molar-refractivity contribution in [1.29, 1.82) is 0 Å². The Kier molecular flexibility index (Phi) is 9.11. The molecule has 0 aliphatic carbocycles. The van der Waals surface area contributed by atoms with Crippen LogP contribution in [0, 0.1) is 0 Å². The van der Waals surface area contributed by atoms with E-state index < -0.39 is 5.97 Å². The third kappa shape index (κ3) is 6.47. The molecule has 1 heterocycles. The Morgan fingerprint density at radius 1 is 1.08 bits per heavy atom. The molecule has 4 nitrogen and oxygen atoms in total. The van der Waals surface area contributed by atoms with Gasteiger partial charge in [0.2, 0.25) is 5.90 Å². The molecule has 0 saturated heterocycles. The van der Waals surface area contributed by atoms with Crippen LogP contribution in [0.2, 0.25) is 0 Å². The number of aliphatic imine (C=N–C) groups is 1. The van der Waals surface area contributed by atoms with E-state index in [-0.39, 0.29) is 5.70 Å². The number of anilines is 1. The Labute approximate surface area is 154 Å². The summed E-state index contributed by atoms with van der Waals surface area (Å²) < 4.78 is 5.17. The Morgan fingerprint density at radius 3 is 2.20 bits per heavy atom. The molecule has 0 radical (unpaired) electrons. The summed E-state index contributed by atoms with van der Waals surface area (Å²) in [6.45, 7) is 5.99. The van der Waals surface area contributed by atoms with Crippen LogP contribution < -0.4 is 5.73 Å². The molecule has 2 aromatic rings. The fourth-order valence-electron chi connectivity index (χ4n) is 1.86. The van der Waals surface area contributed by atoms with Gasteiger partial charge in [-0.05, 0) is 41.7 Å². The molecule has 0 unspecified atom stereocenters. The Balaban J connectivity index is 0.000000567. The number of hydrogen-bond donors (Lipinski definition) is 2. The van der Waals surface area contributed by atoms with Crippen molar-refractivity contribution >= 4 is 36.3 Å². The van der Waals surface area contributed by atoms with Crippen molar-refractivity contribution in [2.24, 2.45) is 4.99 Å². The number of benzene rings is 2. The minimum atomic E-state index is -0.444. The first-order valence-corrected chi connectivity index (χ1v) is 8.81. The van der Waals surface area contributed by atoms with Gasteiger partial charge >= 0.3 is 5.97 Å². The molecule has 2 N–H and O–H groups in total. The van der Waals surface area contributed by atoms with E-state index in [1.54, 1.807) is 18.2 Å². The van der Waals surface area contributed by atoms with Gasteiger partial charge in [0.25, 0.3) is 0 Å². The summed E-state index contributed by atoms with van der Waals surface area (Å²) in [5.41, 5.74) is 8.21. The van der Waals surface area contributed by atoms with E-state index in [0.29, 0.717) is 11.6 Å². The number of nitrogens with zero attached hydrogens (tertiary/aromatic N) is 1. The fraction of sp³-hybridized carbons (Fsp3) is 0.200. The zero-order valence-corrected chi connectivity index (χ0v) is 15.7. The van der Waals surface area contributed by atoms with Crippen LogP contribution in [-0.2, 0) is 9.53 Å². The third-order valence-electron chi connectivity index (χ3n) is 2.88. The number of cyclic esters (lactones) is 1. The van der Waals surface area contributed by atoms with Crippen molar-refractivity contribution in [1.82, 2.24) is 0 Å². The van der Waals surface area contributed by atoms with Gasteiger partial charge in [0.05, 0.1) is 0 Å². The van der Waals surface area contributed by atoms with Gasteiger partial charge in [-0.25, -0.2) is 9.79 Å². The summed E-state index contributed by atoms with van der Waals surface area (Å²) in [7, 11) is 0. The molecule has 0 saturated carbocycles. The maximum atomic E-state index is 11.8. The van der Waals surface area contributed by atoms with E-state index in [9.17, 15) is 4.79 Å². The Bertz CT molecular complexity index is 723. The van der Waals surface area contributed by atoms with Crippen LogP contribution in [0.5, 0.6) is 0 Å². The second-order valence-corrected chi connectivity index (χ2v) is 5.32. The lowest BCUT2D eigenvalue weighted by Crippen LogP contribution is -2.04. The van der Waals surface area contributed by atoms with Crippen LogP contribution in [0.4, 0.5) is 5.69 Å². The van der Waals surface area contributed by atoms with E-state index in [1.165, 1.54) is 0 Å². The van der Waals surface area contributed by atoms with Crippen LogP contribution in [-0.4, -0.2) is 17.6 Å². The summed E-state index contributed by atoms with van der Waals surface area (Å²) in [6.07, 6.45) is 1.68. The zero-order chi connectivity index (χ0) is 18.7. The molecule has 3 rings (SSSR count). The Morgan fingerprint density at radius 2 is 1.64 bits per heavy atom. The van der Waals surface area contributed by atoms with Gasteiger partial charge in [-0.15, -0.1) is 0 Å². The minimum absolute atomic E-state index is 0.286. The number of hydrogen-bond acceptors (Lipinski definition) is 5. The number of thiol groups is 1. The van der Waals surface area contributed by atoms with E-state index in [4.69, 9.17) is 10.5 Å². The number of rotatable bonds is 2. The number of nitrogens with two attached hydrogens (primary N) is 1. The second-order valence-electron chi connectivity index (χ2n) is 4.68. The monoisotopic (exact) mass is 356 g/mol. The smallest absolute Gasteiger partial charge is 0.363 e. The summed E-state index contributed by atoms with van der Waals surface area (Å²) >= 11 is 3.79. The van der Waals surface area contributed by atoms with Crippen LogP contribution in [0.3, 0.4) is 0 Å². The second kappa shape index (κ2) is 11.1. The molecule has 0 amide bonds. The first-order chi connectivity index (χ1) is 12.1. The minimum Gasteiger partial charge on any atom is -0.402 e. The van der Waals surface area contributed by atoms with Crippen molar-refractivity contribution in [2.45, 2.75) is 20.8 Å². The average molecular weight is 356 g/mol. The third-order valence-corrected chi connectivity index (χ3v) is 2.88. The Hall–Kier alpha value is -2.53. The molecular formula is C20H24N2O2S. The molecule has 0 spiro atoms. The van der Waals surface area contributed by atoms with Gasteiger partial charge in [0.1, 0.15) is 0 Å². The van der Waals surface area contributed by atoms with Crippen molar-refractivity contribution in [3.8, 4) is 0 Å².